The van der Waals surface area contributed by atoms with Crippen LogP contribution < -0.4 is 11.1 Å². The van der Waals surface area contributed by atoms with Crippen LogP contribution in [0.2, 0.25) is 0 Å². The first-order chi connectivity index (χ1) is 14.8. The van der Waals surface area contributed by atoms with E-state index in [9.17, 15) is 19.2 Å². The average Bonchev–Trinajstić information content (AvgIpc) is 3.24. The van der Waals surface area contributed by atoms with Crippen molar-refractivity contribution in [3.63, 3.8) is 0 Å². The van der Waals surface area contributed by atoms with Gasteiger partial charge in [-0.1, -0.05) is 12.8 Å². The van der Waals surface area contributed by atoms with Crippen molar-refractivity contribution >= 4 is 29.4 Å². The molecule has 1 saturated heterocycles. The standard InChI is InChI=1S/C22H29N3O6/c1-15(20(28)24-17-6-4-16(5-7-17)19(23)27)31-21(29)22(8-2-3-9-22)14-18(26)25-10-12-30-13-11-25/h4-7,15H,2-3,8-14H2,1H3,(H2,23,27)(H,24,28). The van der Waals surface area contributed by atoms with E-state index in [2.05, 4.69) is 5.32 Å². The summed E-state index contributed by atoms with van der Waals surface area (Å²) in [5.41, 5.74) is 5.10. The van der Waals surface area contributed by atoms with Gasteiger partial charge >= 0.3 is 5.97 Å². The number of nitrogens with one attached hydrogen (secondary N) is 1. The number of rotatable bonds is 7. The van der Waals surface area contributed by atoms with Crippen molar-refractivity contribution in [2.24, 2.45) is 11.1 Å². The van der Waals surface area contributed by atoms with Gasteiger partial charge in [0.15, 0.2) is 6.10 Å². The van der Waals surface area contributed by atoms with Crippen LogP contribution in [0.15, 0.2) is 24.3 Å². The van der Waals surface area contributed by atoms with E-state index in [0.717, 1.165) is 12.8 Å². The molecule has 2 fully saturated rings. The summed E-state index contributed by atoms with van der Waals surface area (Å²) in [6, 6.07) is 6.09. The average molecular weight is 431 g/mol. The summed E-state index contributed by atoms with van der Waals surface area (Å²) >= 11 is 0. The number of ether oxygens (including phenoxy) is 2. The number of anilines is 1. The molecule has 0 spiro atoms. The van der Waals surface area contributed by atoms with Crippen LogP contribution in [0.1, 0.15) is 49.4 Å². The first-order valence-electron chi connectivity index (χ1n) is 10.6. The van der Waals surface area contributed by atoms with Gasteiger partial charge in [0.25, 0.3) is 5.91 Å². The van der Waals surface area contributed by atoms with E-state index in [1.54, 1.807) is 17.0 Å². The van der Waals surface area contributed by atoms with Crippen molar-refractivity contribution in [2.75, 3.05) is 31.6 Å². The fourth-order valence-electron chi connectivity index (χ4n) is 4.02. The normalized spacial score (nSPS) is 18.8. The second-order valence-corrected chi connectivity index (χ2v) is 8.14. The molecule has 1 aliphatic carbocycles. The Morgan fingerprint density at radius 1 is 1.13 bits per heavy atom. The van der Waals surface area contributed by atoms with Crippen molar-refractivity contribution in [3.8, 4) is 0 Å². The SMILES string of the molecule is CC(OC(=O)C1(CC(=O)N2CCOCC2)CCCC1)C(=O)Nc1ccc(C(N)=O)cc1. The summed E-state index contributed by atoms with van der Waals surface area (Å²) in [5, 5.41) is 2.65. The van der Waals surface area contributed by atoms with E-state index < -0.39 is 29.3 Å². The Balaban J connectivity index is 1.59. The number of nitrogens with zero attached hydrogens (tertiary/aromatic N) is 1. The van der Waals surface area contributed by atoms with Crippen LogP contribution in [0, 0.1) is 5.41 Å². The lowest BCUT2D eigenvalue weighted by Gasteiger charge is -2.32. The zero-order chi connectivity index (χ0) is 22.4. The van der Waals surface area contributed by atoms with Crippen LogP contribution in [0.3, 0.4) is 0 Å². The highest BCUT2D eigenvalue weighted by molar-refractivity contribution is 5.97. The Morgan fingerprint density at radius 3 is 2.32 bits per heavy atom. The number of carbonyl (C=O) groups is 4. The summed E-state index contributed by atoms with van der Waals surface area (Å²) in [7, 11) is 0. The van der Waals surface area contributed by atoms with E-state index in [0.29, 0.717) is 50.4 Å². The maximum atomic E-state index is 13.0. The van der Waals surface area contributed by atoms with Gasteiger partial charge in [-0.25, -0.2) is 0 Å². The summed E-state index contributed by atoms with van der Waals surface area (Å²) in [6.07, 6.45) is 1.90. The lowest BCUT2D eigenvalue weighted by molar-refractivity contribution is -0.166. The van der Waals surface area contributed by atoms with E-state index in [-0.39, 0.29) is 12.3 Å². The Hall–Kier alpha value is -2.94. The smallest absolute Gasteiger partial charge is 0.313 e. The monoisotopic (exact) mass is 431 g/mol. The lowest BCUT2D eigenvalue weighted by atomic mass is 9.82. The van der Waals surface area contributed by atoms with Gasteiger partial charge in [-0.2, -0.15) is 0 Å². The van der Waals surface area contributed by atoms with Crippen LogP contribution in [-0.4, -0.2) is 61.0 Å². The molecule has 1 heterocycles. The zero-order valence-corrected chi connectivity index (χ0v) is 17.7. The fourth-order valence-corrected chi connectivity index (χ4v) is 4.02. The van der Waals surface area contributed by atoms with Crippen LogP contribution in [0.25, 0.3) is 0 Å². The maximum Gasteiger partial charge on any atom is 0.313 e. The number of primary amides is 1. The molecule has 1 aliphatic heterocycles. The molecule has 0 aromatic heterocycles. The molecule has 3 N–H and O–H groups in total. The highest BCUT2D eigenvalue weighted by Crippen LogP contribution is 2.43. The molecule has 1 saturated carbocycles. The van der Waals surface area contributed by atoms with E-state index >= 15 is 0 Å². The van der Waals surface area contributed by atoms with Crippen LogP contribution in [0.5, 0.6) is 0 Å². The molecule has 9 nitrogen and oxygen atoms in total. The van der Waals surface area contributed by atoms with Gasteiger partial charge < -0.3 is 25.4 Å². The third-order valence-corrected chi connectivity index (χ3v) is 5.94. The first kappa shape index (κ1) is 22.7. The molecule has 1 aromatic rings. The minimum atomic E-state index is -1.03. The quantitative estimate of drug-likeness (QED) is 0.629. The van der Waals surface area contributed by atoms with Crippen LogP contribution in [-0.2, 0) is 23.9 Å². The predicted octanol–water partition coefficient (Wildman–Crippen LogP) is 1.47. The van der Waals surface area contributed by atoms with Crippen molar-refractivity contribution in [3.05, 3.63) is 29.8 Å². The number of nitrogens with two attached hydrogens (primary N) is 1. The Morgan fingerprint density at radius 2 is 1.74 bits per heavy atom. The predicted molar refractivity (Wildman–Crippen MR) is 112 cm³/mol. The molecule has 9 heteroatoms. The molecule has 2 aliphatic rings. The zero-order valence-electron chi connectivity index (χ0n) is 17.7. The topological polar surface area (TPSA) is 128 Å². The molecule has 168 valence electrons. The number of benzene rings is 1. The van der Waals surface area contributed by atoms with Gasteiger partial charge in [0, 0.05) is 30.8 Å². The minimum absolute atomic E-state index is 0.0752. The number of hydrogen-bond donors (Lipinski definition) is 2. The molecule has 3 rings (SSSR count). The van der Waals surface area contributed by atoms with Crippen molar-refractivity contribution in [1.82, 2.24) is 4.90 Å². The van der Waals surface area contributed by atoms with Crippen molar-refractivity contribution in [1.29, 1.82) is 0 Å². The molecule has 1 atom stereocenters. The van der Waals surface area contributed by atoms with Crippen molar-refractivity contribution < 1.29 is 28.7 Å². The minimum Gasteiger partial charge on any atom is -0.452 e. The van der Waals surface area contributed by atoms with Gasteiger partial charge in [-0.05, 0) is 44.0 Å². The second-order valence-electron chi connectivity index (χ2n) is 8.14. The summed E-state index contributed by atoms with van der Waals surface area (Å²) in [4.78, 5) is 51.1. The van der Waals surface area contributed by atoms with Crippen molar-refractivity contribution in [2.45, 2.75) is 45.1 Å². The van der Waals surface area contributed by atoms with Crippen LogP contribution in [0.4, 0.5) is 5.69 Å². The molecular weight excluding hydrogens is 402 g/mol. The molecule has 0 bridgehead atoms. The number of carbonyl (C=O) groups excluding carboxylic acids is 4. The van der Waals surface area contributed by atoms with Gasteiger partial charge in [-0.3, -0.25) is 19.2 Å². The van der Waals surface area contributed by atoms with Gasteiger partial charge in [0.05, 0.1) is 18.6 Å². The van der Waals surface area contributed by atoms with Crippen LogP contribution >= 0.6 is 0 Å². The van der Waals surface area contributed by atoms with Gasteiger partial charge in [0.1, 0.15) is 0 Å². The number of morpholine rings is 1. The van der Waals surface area contributed by atoms with Gasteiger partial charge in [0.2, 0.25) is 11.8 Å². The van der Waals surface area contributed by atoms with E-state index in [4.69, 9.17) is 15.2 Å². The third-order valence-electron chi connectivity index (χ3n) is 5.94. The fraction of sp³-hybridized carbons (Fsp3) is 0.545. The largest absolute Gasteiger partial charge is 0.452 e. The molecule has 3 amide bonds. The highest BCUT2D eigenvalue weighted by atomic mass is 16.5. The number of hydrogen-bond acceptors (Lipinski definition) is 6. The summed E-state index contributed by atoms with van der Waals surface area (Å²) < 4.78 is 10.8. The Labute approximate surface area is 181 Å². The maximum absolute atomic E-state index is 13.0. The molecule has 1 aromatic carbocycles. The Kier molecular flexibility index (Phi) is 7.27. The molecule has 0 radical (unpaired) electrons. The van der Waals surface area contributed by atoms with E-state index in [1.165, 1.54) is 19.1 Å². The molecule has 1 unspecified atom stereocenters. The van der Waals surface area contributed by atoms with Gasteiger partial charge in [-0.15, -0.1) is 0 Å². The molecular formula is C22H29N3O6. The lowest BCUT2D eigenvalue weighted by Crippen LogP contribution is -2.45. The third kappa shape index (κ3) is 5.61. The first-order valence-corrected chi connectivity index (χ1v) is 10.6. The molecule has 31 heavy (non-hydrogen) atoms. The highest BCUT2D eigenvalue weighted by Gasteiger charge is 2.46. The Bertz CT molecular complexity index is 826. The number of amides is 3. The summed E-state index contributed by atoms with van der Waals surface area (Å²) in [6.45, 7) is 3.55. The van der Waals surface area contributed by atoms with E-state index in [1.807, 2.05) is 0 Å². The summed E-state index contributed by atoms with van der Waals surface area (Å²) in [5.74, 6) is -1.63. The number of esters is 1. The second kappa shape index (κ2) is 9.91.